The fourth-order valence-electron chi connectivity index (χ4n) is 2.12. The Labute approximate surface area is 121 Å². The number of anilines is 1. The van der Waals surface area contributed by atoms with Crippen molar-refractivity contribution in [3.63, 3.8) is 0 Å². The van der Waals surface area contributed by atoms with E-state index in [0.717, 1.165) is 0 Å². The number of nitrogens with zero attached hydrogens (tertiary/aromatic N) is 3. The van der Waals surface area contributed by atoms with Crippen LogP contribution in [0.4, 0.5) is 11.4 Å². The van der Waals surface area contributed by atoms with E-state index in [0.29, 0.717) is 22.2 Å². The van der Waals surface area contributed by atoms with Gasteiger partial charge < -0.3 is 9.64 Å². The highest BCUT2D eigenvalue weighted by molar-refractivity contribution is 6.05. The lowest BCUT2D eigenvalue weighted by molar-refractivity contribution is -0.384. The molecule has 0 saturated heterocycles. The van der Waals surface area contributed by atoms with Crippen LogP contribution in [0.2, 0.25) is 0 Å². The Morgan fingerprint density at radius 3 is 2.71 bits per heavy atom. The molecule has 7 heteroatoms. The Bertz CT molecular complexity index is 713. The van der Waals surface area contributed by atoms with Gasteiger partial charge in [0.05, 0.1) is 22.7 Å². The average molecular weight is 289 g/mol. The van der Waals surface area contributed by atoms with Crippen molar-refractivity contribution in [2.24, 2.45) is 0 Å². The smallest absolute Gasteiger partial charge is 0.341 e. The summed E-state index contributed by atoms with van der Waals surface area (Å²) in [5.74, 6) is -0.464. The summed E-state index contributed by atoms with van der Waals surface area (Å²) in [4.78, 5) is 28.2. The van der Waals surface area contributed by atoms with E-state index in [4.69, 9.17) is 4.74 Å². The second kappa shape index (κ2) is 5.74. The third-order valence-corrected chi connectivity index (χ3v) is 2.98. The van der Waals surface area contributed by atoms with Gasteiger partial charge in [-0.25, -0.2) is 4.79 Å². The number of rotatable bonds is 4. The fourth-order valence-corrected chi connectivity index (χ4v) is 2.12. The summed E-state index contributed by atoms with van der Waals surface area (Å²) in [5, 5.41) is 11.5. The number of pyridine rings is 1. The molecule has 0 N–H and O–H groups in total. The van der Waals surface area contributed by atoms with Gasteiger partial charge in [0, 0.05) is 37.8 Å². The lowest BCUT2D eigenvalue weighted by Crippen LogP contribution is -2.16. The number of ether oxygens (including phenoxy) is 1. The molecule has 0 atom stereocenters. The molecule has 0 bridgehead atoms. The van der Waals surface area contributed by atoms with E-state index in [1.54, 1.807) is 32.0 Å². The highest BCUT2D eigenvalue weighted by Crippen LogP contribution is 2.30. The van der Waals surface area contributed by atoms with Crippen molar-refractivity contribution in [2.45, 2.75) is 6.92 Å². The molecule has 0 aliphatic carbocycles. The van der Waals surface area contributed by atoms with Gasteiger partial charge in [0.15, 0.2) is 0 Å². The van der Waals surface area contributed by atoms with Crippen LogP contribution in [0.25, 0.3) is 10.9 Å². The first-order chi connectivity index (χ1) is 9.95. The molecule has 1 heterocycles. The van der Waals surface area contributed by atoms with E-state index >= 15 is 0 Å². The molecule has 0 aliphatic heterocycles. The quantitative estimate of drug-likeness (QED) is 0.488. The van der Waals surface area contributed by atoms with Gasteiger partial charge in [-0.2, -0.15) is 0 Å². The standard InChI is InChI=1S/C14H15N3O4/c1-4-21-14(18)11-8-15-12-7-9(17(19)20)5-6-10(12)13(11)16(2)3/h5-8H,4H2,1-3H3. The molecule has 110 valence electrons. The van der Waals surface area contributed by atoms with Crippen molar-refractivity contribution < 1.29 is 14.5 Å². The van der Waals surface area contributed by atoms with Gasteiger partial charge in [-0.3, -0.25) is 15.1 Å². The van der Waals surface area contributed by atoms with Crippen molar-refractivity contribution in [1.82, 2.24) is 4.98 Å². The zero-order chi connectivity index (χ0) is 15.6. The molecule has 0 radical (unpaired) electrons. The second-order valence-electron chi connectivity index (χ2n) is 4.59. The predicted octanol–water partition coefficient (Wildman–Crippen LogP) is 2.39. The Morgan fingerprint density at radius 1 is 1.43 bits per heavy atom. The van der Waals surface area contributed by atoms with Gasteiger partial charge >= 0.3 is 5.97 Å². The number of esters is 1. The van der Waals surface area contributed by atoms with E-state index in [9.17, 15) is 14.9 Å². The van der Waals surface area contributed by atoms with Crippen LogP contribution in [-0.4, -0.2) is 36.6 Å². The number of non-ortho nitro benzene ring substituents is 1. The first-order valence-electron chi connectivity index (χ1n) is 6.37. The predicted molar refractivity (Wildman–Crippen MR) is 78.7 cm³/mol. The number of benzene rings is 1. The average Bonchev–Trinajstić information content (AvgIpc) is 2.45. The molecule has 0 fully saturated rings. The molecule has 0 amide bonds. The summed E-state index contributed by atoms with van der Waals surface area (Å²) in [7, 11) is 3.58. The monoisotopic (exact) mass is 289 g/mol. The van der Waals surface area contributed by atoms with E-state index in [1.807, 2.05) is 0 Å². The van der Waals surface area contributed by atoms with Crippen molar-refractivity contribution >= 4 is 28.2 Å². The molecule has 7 nitrogen and oxygen atoms in total. The highest BCUT2D eigenvalue weighted by atomic mass is 16.6. The van der Waals surface area contributed by atoms with Gasteiger partial charge in [0.25, 0.3) is 5.69 Å². The van der Waals surface area contributed by atoms with E-state index < -0.39 is 10.9 Å². The molecular formula is C14H15N3O4. The van der Waals surface area contributed by atoms with Crippen molar-refractivity contribution in [3.8, 4) is 0 Å². The van der Waals surface area contributed by atoms with Crippen molar-refractivity contribution in [2.75, 3.05) is 25.6 Å². The van der Waals surface area contributed by atoms with Crippen LogP contribution in [0.1, 0.15) is 17.3 Å². The molecule has 2 aromatic rings. The number of hydrogen-bond donors (Lipinski definition) is 0. The summed E-state index contributed by atoms with van der Waals surface area (Å²) >= 11 is 0. The molecule has 0 unspecified atom stereocenters. The van der Waals surface area contributed by atoms with Crippen LogP contribution in [0, 0.1) is 10.1 Å². The van der Waals surface area contributed by atoms with E-state index in [2.05, 4.69) is 4.98 Å². The van der Waals surface area contributed by atoms with Crippen LogP contribution in [0.5, 0.6) is 0 Å². The molecule has 0 aliphatic rings. The Hall–Kier alpha value is -2.70. The number of carbonyl (C=O) groups excluding carboxylic acids is 1. The van der Waals surface area contributed by atoms with E-state index in [1.165, 1.54) is 18.3 Å². The molecule has 1 aromatic heterocycles. The maximum Gasteiger partial charge on any atom is 0.341 e. The van der Waals surface area contributed by atoms with Gasteiger partial charge in [-0.05, 0) is 13.0 Å². The first kappa shape index (κ1) is 14.7. The lowest BCUT2D eigenvalue weighted by Gasteiger charge is -2.18. The highest BCUT2D eigenvalue weighted by Gasteiger charge is 2.19. The molecule has 0 saturated carbocycles. The number of nitro benzene ring substituents is 1. The number of fused-ring (bicyclic) bond motifs is 1. The third kappa shape index (κ3) is 2.76. The molecule has 1 aromatic carbocycles. The van der Waals surface area contributed by atoms with Crippen LogP contribution in [0.3, 0.4) is 0 Å². The zero-order valence-corrected chi connectivity index (χ0v) is 12.0. The maximum atomic E-state index is 12.0. The lowest BCUT2D eigenvalue weighted by atomic mass is 10.1. The normalized spacial score (nSPS) is 10.4. The SMILES string of the molecule is CCOC(=O)c1cnc2cc([N+](=O)[O-])ccc2c1N(C)C. The van der Waals surface area contributed by atoms with Crippen molar-refractivity contribution in [3.05, 3.63) is 40.1 Å². The molecule has 21 heavy (non-hydrogen) atoms. The molecule has 2 rings (SSSR count). The van der Waals surface area contributed by atoms with Gasteiger partial charge in [0.2, 0.25) is 0 Å². The Kier molecular flexibility index (Phi) is 4.02. The largest absolute Gasteiger partial charge is 0.462 e. The third-order valence-electron chi connectivity index (χ3n) is 2.98. The summed E-state index contributed by atoms with van der Waals surface area (Å²) in [6, 6.07) is 4.38. The van der Waals surface area contributed by atoms with E-state index in [-0.39, 0.29) is 12.3 Å². The summed E-state index contributed by atoms with van der Waals surface area (Å²) in [6.45, 7) is 2.00. The first-order valence-corrected chi connectivity index (χ1v) is 6.37. The minimum atomic E-state index is -0.476. The minimum absolute atomic E-state index is 0.0383. The summed E-state index contributed by atoms with van der Waals surface area (Å²) in [5.41, 5.74) is 1.39. The maximum absolute atomic E-state index is 12.0. The molecule has 0 spiro atoms. The number of carbonyl (C=O) groups is 1. The Morgan fingerprint density at radius 2 is 2.14 bits per heavy atom. The summed E-state index contributed by atoms with van der Waals surface area (Å²) < 4.78 is 5.02. The van der Waals surface area contributed by atoms with Crippen LogP contribution in [0.15, 0.2) is 24.4 Å². The van der Waals surface area contributed by atoms with Gasteiger partial charge in [-0.15, -0.1) is 0 Å². The van der Waals surface area contributed by atoms with Crippen LogP contribution < -0.4 is 4.90 Å². The van der Waals surface area contributed by atoms with Gasteiger partial charge in [0.1, 0.15) is 5.56 Å². The minimum Gasteiger partial charge on any atom is -0.462 e. The zero-order valence-electron chi connectivity index (χ0n) is 12.0. The number of nitro groups is 1. The van der Waals surface area contributed by atoms with Crippen LogP contribution in [-0.2, 0) is 4.74 Å². The fraction of sp³-hybridized carbons (Fsp3) is 0.286. The topological polar surface area (TPSA) is 85.6 Å². The number of aromatic nitrogens is 1. The summed E-state index contributed by atoms with van der Waals surface area (Å²) in [6.07, 6.45) is 1.39. The van der Waals surface area contributed by atoms with Gasteiger partial charge in [-0.1, -0.05) is 0 Å². The van der Waals surface area contributed by atoms with Crippen LogP contribution >= 0.6 is 0 Å². The molecular weight excluding hydrogens is 274 g/mol. The van der Waals surface area contributed by atoms with Crippen molar-refractivity contribution in [1.29, 1.82) is 0 Å². The number of hydrogen-bond acceptors (Lipinski definition) is 6. The second-order valence-corrected chi connectivity index (χ2v) is 4.59. The Balaban J connectivity index is 2.68.